The summed E-state index contributed by atoms with van der Waals surface area (Å²) in [5.41, 5.74) is 4.01. The fraction of sp³-hybridized carbons (Fsp3) is 0.600. The van der Waals surface area contributed by atoms with Crippen LogP contribution in [0.3, 0.4) is 0 Å². The molecular weight excluding hydrogens is 340 g/mol. The second-order valence-electron chi connectivity index (χ2n) is 7.21. The molecule has 3 rings (SSSR count). The Bertz CT molecular complexity index is 811. The molecule has 0 aromatic carbocycles. The third kappa shape index (κ3) is 3.82. The number of carbonyl (C=O) groups is 1. The molecule has 0 aliphatic carbocycles. The quantitative estimate of drug-likeness (QED) is 0.809. The Hall–Kier alpha value is -2.44. The first kappa shape index (κ1) is 19.3. The van der Waals surface area contributed by atoms with Crippen molar-refractivity contribution in [3.05, 3.63) is 23.7 Å². The standard InChI is InChI=1S/C20H30N6O/c1-6-25(7-2)19(27)16-9-8-12-26(13-16)20-21-11-10-17(22-20)18-14(3)23-24(5)15(18)4/h10-11,16H,6-9,12-13H2,1-5H3/t16-/m1/s1. The van der Waals surface area contributed by atoms with E-state index < -0.39 is 0 Å². The Balaban J connectivity index is 1.83. The van der Waals surface area contributed by atoms with E-state index in [1.54, 1.807) is 6.20 Å². The molecule has 7 heteroatoms. The molecule has 1 saturated heterocycles. The number of hydrogen-bond acceptors (Lipinski definition) is 5. The summed E-state index contributed by atoms with van der Waals surface area (Å²) in [6, 6.07) is 1.93. The van der Waals surface area contributed by atoms with Gasteiger partial charge in [0, 0.05) is 50.7 Å². The van der Waals surface area contributed by atoms with Gasteiger partial charge in [-0.15, -0.1) is 0 Å². The summed E-state index contributed by atoms with van der Waals surface area (Å²) in [4.78, 5) is 26.2. The van der Waals surface area contributed by atoms with E-state index in [0.717, 1.165) is 55.1 Å². The Morgan fingerprint density at radius 3 is 2.67 bits per heavy atom. The number of aryl methyl sites for hydroxylation is 2. The molecule has 2 aromatic heterocycles. The fourth-order valence-corrected chi connectivity index (χ4v) is 3.94. The molecule has 0 unspecified atom stereocenters. The van der Waals surface area contributed by atoms with Crippen LogP contribution >= 0.6 is 0 Å². The van der Waals surface area contributed by atoms with Crippen LogP contribution in [0.1, 0.15) is 38.1 Å². The van der Waals surface area contributed by atoms with Crippen molar-refractivity contribution in [1.82, 2.24) is 24.6 Å². The molecule has 0 radical (unpaired) electrons. The minimum absolute atomic E-state index is 0.0211. The maximum Gasteiger partial charge on any atom is 0.227 e. The zero-order chi connectivity index (χ0) is 19.6. The van der Waals surface area contributed by atoms with Crippen molar-refractivity contribution in [2.24, 2.45) is 13.0 Å². The lowest BCUT2D eigenvalue weighted by atomic mass is 9.96. The molecule has 0 spiro atoms. The Morgan fingerprint density at radius 1 is 1.30 bits per heavy atom. The molecule has 1 atom stereocenters. The highest BCUT2D eigenvalue weighted by Crippen LogP contribution is 2.27. The van der Waals surface area contributed by atoms with Crippen molar-refractivity contribution in [3.63, 3.8) is 0 Å². The summed E-state index contributed by atoms with van der Waals surface area (Å²) in [7, 11) is 1.95. The van der Waals surface area contributed by atoms with E-state index in [1.807, 2.05) is 43.5 Å². The van der Waals surface area contributed by atoms with Gasteiger partial charge in [0.25, 0.3) is 0 Å². The highest BCUT2D eigenvalue weighted by Gasteiger charge is 2.29. The van der Waals surface area contributed by atoms with Crippen LogP contribution in [0.5, 0.6) is 0 Å². The Labute approximate surface area is 161 Å². The first-order valence-electron chi connectivity index (χ1n) is 9.83. The molecule has 1 aliphatic heterocycles. The summed E-state index contributed by atoms with van der Waals surface area (Å²) >= 11 is 0. The maximum absolute atomic E-state index is 12.8. The molecule has 7 nitrogen and oxygen atoms in total. The molecular formula is C20H30N6O. The van der Waals surface area contributed by atoms with Gasteiger partial charge in [-0.2, -0.15) is 5.10 Å². The number of aromatic nitrogens is 4. The number of piperidine rings is 1. The minimum Gasteiger partial charge on any atom is -0.343 e. The van der Waals surface area contributed by atoms with Crippen LogP contribution in [0.15, 0.2) is 12.3 Å². The average Bonchev–Trinajstić information content (AvgIpc) is 2.94. The van der Waals surface area contributed by atoms with E-state index in [1.165, 1.54) is 0 Å². The highest BCUT2D eigenvalue weighted by atomic mass is 16.2. The molecule has 27 heavy (non-hydrogen) atoms. The number of hydrogen-bond donors (Lipinski definition) is 0. The van der Waals surface area contributed by atoms with Gasteiger partial charge in [-0.05, 0) is 46.6 Å². The molecule has 0 N–H and O–H groups in total. The fourth-order valence-electron chi connectivity index (χ4n) is 3.94. The summed E-state index contributed by atoms with van der Waals surface area (Å²) in [5.74, 6) is 0.972. The SMILES string of the molecule is CCN(CC)C(=O)[C@@H]1CCCN(c2nccc(-c3c(C)nn(C)c3C)n2)C1. The molecule has 1 aliphatic rings. The van der Waals surface area contributed by atoms with Crippen LogP contribution in [-0.4, -0.2) is 56.7 Å². The lowest BCUT2D eigenvalue weighted by Gasteiger charge is -2.34. The van der Waals surface area contributed by atoms with Crippen molar-refractivity contribution < 1.29 is 4.79 Å². The largest absolute Gasteiger partial charge is 0.343 e. The lowest BCUT2D eigenvalue weighted by molar-refractivity contribution is -0.135. The van der Waals surface area contributed by atoms with E-state index in [-0.39, 0.29) is 11.8 Å². The number of anilines is 1. The molecule has 0 bridgehead atoms. The van der Waals surface area contributed by atoms with E-state index in [2.05, 4.69) is 21.9 Å². The zero-order valence-corrected chi connectivity index (χ0v) is 17.1. The van der Waals surface area contributed by atoms with E-state index in [9.17, 15) is 4.79 Å². The van der Waals surface area contributed by atoms with Crippen LogP contribution in [0.4, 0.5) is 5.95 Å². The lowest BCUT2D eigenvalue weighted by Crippen LogP contribution is -2.45. The zero-order valence-electron chi connectivity index (χ0n) is 17.1. The summed E-state index contributed by atoms with van der Waals surface area (Å²) in [6.07, 6.45) is 3.72. The molecule has 2 aromatic rings. The van der Waals surface area contributed by atoms with Gasteiger partial charge in [0.1, 0.15) is 0 Å². The third-order valence-electron chi connectivity index (χ3n) is 5.54. The highest BCUT2D eigenvalue weighted by molar-refractivity contribution is 5.79. The number of carbonyl (C=O) groups excluding carboxylic acids is 1. The Morgan fingerprint density at radius 2 is 2.04 bits per heavy atom. The van der Waals surface area contributed by atoms with Crippen LogP contribution in [0.2, 0.25) is 0 Å². The van der Waals surface area contributed by atoms with Crippen molar-refractivity contribution in [2.75, 3.05) is 31.1 Å². The van der Waals surface area contributed by atoms with Gasteiger partial charge in [0.15, 0.2) is 0 Å². The minimum atomic E-state index is 0.0211. The summed E-state index contributed by atoms with van der Waals surface area (Å²) in [5, 5.41) is 4.50. The van der Waals surface area contributed by atoms with Crippen molar-refractivity contribution >= 4 is 11.9 Å². The van der Waals surface area contributed by atoms with Gasteiger partial charge < -0.3 is 9.80 Å². The van der Waals surface area contributed by atoms with Gasteiger partial charge in [-0.3, -0.25) is 9.48 Å². The number of rotatable bonds is 5. The first-order valence-corrected chi connectivity index (χ1v) is 9.83. The smallest absolute Gasteiger partial charge is 0.227 e. The molecule has 0 saturated carbocycles. The van der Waals surface area contributed by atoms with Crippen LogP contribution in [-0.2, 0) is 11.8 Å². The molecule has 1 fully saturated rings. The predicted octanol–water partition coefficient (Wildman–Crippen LogP) is 2.58. The monoisotopic (exact) mass is 370 g/mol. The summed E-state index contributed by atoms with van der Waals surface area (Å²) < 4.78 is 1.88. The van der Waals surface area contributed by atoms with E-state index in [4.69, 9.17) is 4.98 Å². The normalized spacial score (nSPS) is 17.2. The molecule has 146 valence electrons. The molecule has 1 amide bonds. The average molecular weight is 371 g/mol. The predicted molar refractivity (Wildman–Crippen MR) is 107 cm³/mol. The van der Waals surface area contributed by atoms with Gasteiger partial charge in [0.2, 0.25) is 11.9 Å². The topological polar surface area (TPSA) is 67.2 Å². The van der Waals surface area contributed by atoms with Gasteiger partial charge >= 0.3 is 0 Å². The maximum atomic E-state index is 12.8. The second-order valence-corrected chi connectivity index (χ2v) is 7.21. The number of nitrogens with zero attached hydrogens (tertiary/aromatic N) is 6. The molecule has 3 heterocycles. The third-order valence-corrected chi connectivity index (χ3v) is 5.54. The van der Waals surface area contributed by atoms with Crippen LogP contribution < -0.4 is 4.90 Å². The van der Waals surface area contributed by atoms with Crippen molar-refractivity contribution in [1.29, 1.82) is 0 Å². The van der Waals surface area contributed by atoms with Crippen molar-refractivity contribution in [3.8, 4) is 11.3 Å². The number of amides is 1. The van der Waals surface area contributed by atoms with Crippen LogP contribution in [0, 0.1) is 19.8 Å². The van der Waals surface area contributed by atoms with Crippen LogP contribution in [0.25, 0.3) is 11.3 Å². The van der Waals surface area contributed by atoms with Gasteiger partial charge in [-0.1, -0.05) is 0 Å². The second kappa shape index (κ2) is 8.06. The first-order chi connectivity index (χ1) is 13.0. The van der Waals surface area contributed by atoms with Crippen molar-refractivity contribution in [2.45, 2.75) is 40.5 Å². The van der Waals surface area contributed by atoms with E-state index >= 15 is 0 Å². The van der Waals surface area contributed by atoms with Gasteiger partial charge in [-0.25, -0.2) is 9.97 Å². The van der Waals surface area contributed by atoms with E-state index in [0.29, 0.717) is 12.5 Å². The van der Waals surface area contributed by atoms with Gasteiger partial charge in [0.05, 0.1) is 17.3 Å². The summed E-state index contributed by atoms with van der Waals surface area (Å²) in [6.45, 7) is 11.2. The Kier molecular flexibility index (Phi) is 5.77.